The third-order valence-corrected chi connectivity index (χ3v) is 6.57. The Bertz CT molecular complexity index is 1470. The Hall–Kier alpha value is -3.98. The lowest BCUT2D eigenvalue weighted by atomic mass is 10.2. The molecule has 1 aromatic heterocycles. The van der Waals surface area contributed by atoms with E-state index in [2.05, 4.69) is 20.0 Å². The fourth-order valence-corrected chi connectivity index (χ4v) is 4.72. The van der Waals surface area contributed by atoms with Gasteiger partial charge in [-0.15, -0.1) is 0 Å². The highest BCUT2D eigenvalue weighted by atomic mass is 32.2. The number of carbonyl (C=O) groups is 1. The van der Waals surface area contributed by atoms with E-state index >= 15 is 0 Å². The van der Waals surface area contributed by atoms with E-state index in [1.165, 1.54) is 0 Å². The maximum atomic E-state index is 13.2. The van der Waals surface area contributed by atoms with Crippen LogP contribution in [0.2, 0.25) is 0 Å². The quantitative estimate of drug-likeness (QED) is 0.362. The van der Waals surface area contributed by atoms with Crippen LogP contribution in [0.1, 0.15) is 28.4 Å². The summed E-state index contributed by atoms with van der Waals surface area (Å²) in [6.07, 6.45) is 0. The normalized spacial score (nSPS) is 11.3. The summed E-state index contributed by atoms with van der Waals surface area (Å²) in [5.74, 6) is -0.118. The summed E-state index contributed by atoms with van der Waals surface area (Å²) in [6.45, 7) is 5.61. The monoisotopic (exact) mass is 476 g/mol. The number of anilines is 3. The van der Waals surface area contributed by atoms with Gasteiger partial charge < -0.3 is 10.1 Å². The number of hydrogen-bond acceptors (Lipinski definition) is 7. The van der Waals surface area contributed by atoms with Crippen LogP contribution in [0.5, 0.6) is 0 Å². The van der Waals surface area contributed by atoms with E-state index < -0.39 is 16.0 Å². The number of benzene rings is 3. The van der Waals surface area contributed by atoms with Crippen LogP contribution in [0.4, 0.5) is 17.3 Å². The van der Waals surface area contributed by atoms with E-state index in [0.717, 1.165) is 5.56 Å². The van der Waals surface area contributed by atoms with Gasteiger partial charge in [0.1, 0.15) is 0 Å². The van der Waals surface area contributed by atoms with Gasteiger partial charge in [-0.25, -0.2) is 23.2 Å². The molecule has 0 amide bonds. The van der Waals surface area contributed by atoms with Crippen LogP contribution < -0.4 is 10.0 Å². The number of fused-ring (bicyclic) bond motifs is 1. The molecule has 0 radical (unpaired) electrons. The van der Waals surface area contributed by atoms with E-state index in [9.17, 15) is 13.2 Å². The van der Waals surface area contributed by atoms with Crippen LogP contribution in [-0.4, -0.2) is 31.0 Å². The Labute approximate surface area is 198 Å². The molecule has 174 valence electrons. The van der Waals surface area contributed by atoms with E-state index in [1.807, 2.05) is 19.1 Å². The number of esters is 1. The molecule has 9 heteroatoms. The molecule has 4 rings (SSSR count). The van der Waals surface area contributed by atoms with Crippen molar-refractivity contribution in [3.8, 4) is 0 Å². The molecule has 0 atom stereocenters. The third kappa shape index (κ3) is 4.99. The molecular weight excluding hydrogens is 452 g/mol. The van der Waals surface area contributed by atoms with Crippen LogP contribution in [-0.2, 0) is 14.8 Å². The average Bonchev–Trinajstić information content (AvgIpc) is 2.81. The molecular formula is C25H24N4O4S. The molecule has 0 saturated carbocycles. The number of carbonyl (C=O) groups excluding carboxylic acids is 1. The second-order valence-electron chi connectivity index (χ2n) is 7.71. The Morgan fingerprint density at radius 1 is 0.912 bits per heavy atom. The molecule has 0 aliphatic carbocycles. The van der Waals surface area contributed by atoms with Gasteiger partial charge in [0.25, 0.3) is 10.0 Å². The molecule has 0 aliphatic rings. The Morgan fingerprint density at radius 3 is 2.21 bits per heavy atom. The van der Waals surface area contributed by atoms with E-state index in [0.29, 0.717) is 27.8 Å². The number of aromatic nitrogens is 2. The molecule has 3 aromatic carbocycles. The maximum absolute atomic E-state index is 13.2. The molecule has 2 N–H and O–H groups in total. The van der Waals surface area contributed by atoms with E-state index in [-0.39, 0.29) is 23.1 Å². The van der Waals surface area contributed by atoms with Crippen molar-refractivity contribution in [1.29, 1.82) is 0 Å². The van der Waals surface area contributed by atoms with Crippen molar-refractivity contribution >= 4 is 44.3 Å². The third-order valence-electron chi connectivity index (χ3n) is 5.09. The largest absolute Gasteiger partial charge is 0.462 e. The Balaban J connectivity index is 1.72. The minimum Gasteiger partial charge on any atom is -0.462 e. The molecule has 34 heavy (non-hydrogen) atoms. The molecule has 0 unspecified atom stereocenters. The van der Waals surface area contributed by atoms with Crippen LogP contribution >= 0.6 is 0 Å². The fourth-order valence-electron chi connectivity index (χ4n) is 3.38. The van der Waals surface area contributed by atoms with Crippen molar-refractivity contribution in [2.24, 2.45) is 0 Å². The lowest BCUT2D eigenvalue weighted by Gasteiger charge is -2.15. The number of sulfonamides is 1. The lowest BCUT2D eigenvalue weighted by Crippen LogP contribution is -2.17. The van der Waals surface area contributed by atoms with Crippen LogP contribution in [0, 0.1) is 13.8 Å². The second-order valence-corrected chi connectivity index (χ2v) is 9.36. The number of hydrogen-bond donors (Lipinski definition) is 2. The van der Waals surface area contributed by atoms with Crippen molar-refractivity contribution in [3.63, 3.8) is 0 Å². The highest BCUT2D eigenvalue weighted by molar-refractivity contribution is 7.92. The lowest BCUT2D eigenvalue weighted by molar-refractivity contribution is 0.0526. The van der Waals surface area contributed by atoms with Crippen molar-refractivity contribution in [2.75, 3.05) is 16.6 Å². The summed E-state index contributed by atoms with van der Waals surface area (Å²) in [5, 5.41) is 3.11. The molecule has 0 bridgehead atoms. The first kappa shape index (κ1) is 23.2. The van der Waals surface area contributed by atoms with E-state index in [1.54, 1.807) is 68.4 Å². The molecule has 4 aromatic rings. The smallest absolute Gasteiger partial charge is 0.338 e. The van der Waals surface area contributed by atoms with Gasteiger partial charge in [-0.1, -0.05) is 24.3 Å². The van der Waals surface area contributed by atoms with Crippen molar-refractivity contribution in [2.45, 2.75) is 25.7 Å². The minimum atomic E-state index is -3.93. The number of rotatable bonds is 7. The van der Waals surface area contributed by atoms with Gasteiger partial charge >= 0.3 is 5.97 Å². The first-order valence-electron chi connectivity index (χ1n) is 10.7. The number of ether oxygens (including phenoxy) is 1. The molecule has 8 nitrogen and oxygen atoms in total. The zero-order chi connectivity index (χ0) is 24.3. The molecule has 0 saturated heterocycles. The topological polar surface area (TPSA) is 110 Å². The molecule has 0 spiro atoms. The van der Waals surface area contributed by atoms with Crippen molar-refractivity contribution < 1.29 is 17.9 Å². The Morgan fingerprint density at radius 2 is 1.56 bits per heavy atom. The summed E-state index contributed by atoms with van der Waals surface area (Å²) in [4.78, 5) is 21.2. The summed E-state index contributed by atoms with van der Waals surface area (Å²) in [5.41, 5.74) is 3.61. The van der Waals surface area contributed by atoms with Crippen LogP contribution in [0.15, 0.2) is 71.6 Å². The average molecular weight is 477 g/mol. The van der Waals surface area contributed by atoms with Gasteiger partial charge in [0, 0.05) is 5.69 Å². The number of nitrogens with one attached hydrogen (secondary N) is 2. The summed E-state index contributed by atoms with van der Waals surface area (Å²) < 4.78 is 34.1. The van der Waals surface area contributed by atoms with Gasteiger partial charge in [0.05, 0.1) is 28.1 Å². The summed E-state index contributed by atoms with van der Waals surface area (Å²) >= 11 is 0. The Kier molecular flexibility index (Phi) is 6.47. The second kappa shape index (κ2) is 9.48. The zero-order valence-electron chi connectivity index (χ0n) is 19.0. The highest BCUT2D eigenvalue weighted by Gasteiger charge is 2.21. The van der Waals surface area contributed by atoms with Gasteiger partial charge in [-0.2, -0.15) is 0 Å². The number of para-hydroxylation sites is 2. The number of aryl methyl sites for hydroxylation is 2. The van der Waals surface area contributed by atoms with Gasteiger partial charge in [0.15, 0.2) is 11.6 Å². The van der Waals surface area contributed by atoms with Crippen molar-refractivity contribution in [3.05, 3.63) is 83.4 Å². The fraction of sp³-hybridized carbons (Fsp3) is 0.160. The first-order chi connectivity index (χ1) is 16.3. The standard InChI is InChI=1S/C25H24N4O4S/c1-4-33-25(30)18-11-13-19(14-12-18)26-23-24(28-21-8-6-5-7-20(21)27-23)29-34(31,32)22-15-16(2)9-10-17(22)3/h5-15H,4H2,1-3H3,(H,26,27)(H,28,29). The SMILES string of the molecule is CCOC(=O)c1ccc(Nc2nc3ccccc3nc2NS(=O)(=O)c2cc(C)ccc2C)cc1. The minimum absolute atomic E-state index is 0.0640. The summed E-state index contributed by atoms with van der Waals surface area (Å²) in [7, 11) is -3.93. The maximum Gasteiger partial charge on any atom is 0.338 e. The van der Waals surface area contributed by atoms with Crippen LogP contribution in [0.25, 0.3) is 11.0 Å². The number of nitrogens with zero attached hydrogens (tertiary/aromatic N) is 2. The van der Waals surface area contributed by atoms with Gasteiger partial charge in [-0.05, 0) is 74.4 Å². The molecule has 0 fully saturated rings. The van der Waals surface area contributed by atoms with Crippen LogP contribution in [0.3, 0.4) is 0 Å². The zero-order valence-corrected chi connectivity index (χ0v) is 19.8. The van der Waals surface area contributed by atoms with Crippen molar-refractivity contribution in [1.82, 2.24) is 9.97 Å². The van der Waals surface area contributed by atoms with Gasteiger partial charge in [0.2, 0.25) is 0 Å². The predicted molar refractivity (Wildman–Crippen MR) is 132 cm³/mol. The van der Waals surface area contributed by atoms with Gasteiger partial charge in [-0.3, -0.25) is 4.72 Å². The summed E-state index contributed by atoms with van der Waals surface area (Å²) in [6, 6.07) is 19.0. The first-order valence-corrected chi connectivity index (χ1v) is 12.2. The molecule has 1 heterocycles. The molecule has 0 aliphatic heterocycles. The predicted octanol–water partition coefficient (Wildman–Crippen LogP) is 4.97. The van der Waals surface area contributed by atoms with E-state index in [4.69, 9.17) is 4.74 Å². The highest BCUT2D eigenvalue weighted by Crippen LogP contribution is 2.28.